The molecule has 184 valence electrons. The Kier molecular flexibility index (Phi) is 5.18. The molecule has 1 aliphatic heterocycles. The predicted molar refractivity (Wildman–Crippen MR) is 121 cm³/mol. The number of cyclic esters (lactones) is 1. The van der Waals surface area contributed by atoms with E-state index in [1.54, 1.807) is 12.5 Å². The van der Waals surface area contributed by atoms with Gasteiger partial charge in [-0.3, -0.25) is 14.4 Å². The molecule has 3 aliphatic carbocycles. The number of rotatable bonds is 3. The molecule has 2 saturated carbocycles. The summed E-state index contributed by atoms with van der Waals surface area (Å²) in [7, 11) is 1.35. The molecule has 5 rings (SSSR count). The number of hydrogen-bond acceptors (Lipinski definition) is 7. The normalized spacial score (nSPS) is 40.8. The van der Waals surface area contributed by atoms with Gasteiger partial charge in [0.25, 0.3) is 0 Å². The van der Waals surface area contributed by atoms with Gasteiger partial charge in [-0.05, 0) is 48.2 Å². The van der Waals surface area contributed by atoms with Gasteiger partial charge in [-0.1, -0.05) is 33.3 Å². The third kappa shape index (κ3) is 2.95. The Bertz CT molecular complexity index is 1070. The summed E-state index contributed by atoms with van der Waals surface area (Å²) in [6, 6.07) is 1.84. The van der Waals surface area contributed by atoms with E-state index < -0.39 is 34.4 Å². The minimum atomic E-state index is -0.884. The fourth-order valence-corrected chi connectivity index (χ4v) is 7.98. The standard InChI is InChI=1S/C27H34O7/c1-25(2)19(12-20(28)32-5)27(4)17-6-8-26(3)18(15(17)10-16(22(25)30)23(27)31)11-21(29)34-24(26)14-7-9-33-13-14/h7,9,13,16-17,19,22,24,30H,6,8,10-12H2,1-5H3/t16-,17-,19-,22+,24-,26+,27-/m0/s1. The molecule has 2 heterocycles. The number of ketones is 1. The van der Waals surface area contributed by atoms with Crippen LogP contribution >= 0.6 is 0 Å². The van der Waals surface area contributed by atoms with Crippen LogP contribution in [0.25, 0.3) is 0 Å². The Balaban J connectivity index is 1.67. The number of furan rings is 1. The molecular weight excluding hydrogens is 436 g/mol. The molecule has 1 aromatic heterocycles. The summed E-state index contributed by atoms with van der Waals surface area (Å²) in [5.74, 6) is -1.64. The van der Waals surface area contributed by atoms with Crippen LogP contribution in [0.2, 0.25) is 0 Å². The molecule has 0 aromatic carbocycles. The molecule has 1 saturated heterocycles. The lowest BCUT2D eigenvalue weighted by atomic mass is 9.40. The minimum Gasteiger partial charge on any atom is -0.472 e. The van der Waals surface area contributed by atoms with Crippen molar-refractivity contribution in [2.45, 2.75) is 72.0 Å². The molecule has 0 unspecified atom stereocenters. The third-order valence-corrected chi connectivity index (χ3v) is 9.84. The lowest BCUT2D eigenvalue weighted by Crippen LogP contribution is -2.66. The van der Waals surface area contributed by atoms with Crippen molar-refractivity contribution in [3.05, 3.63) is 35.3 Å². The largest absolute Gasteiger partial charge is 0.472 e. The fraction of sp³-hybridized carbons (Fsp3) is 0.667. The molecule has 4 aliphatic rings. The summed E-state index contributed by atoms with van der Waals surface area (Å²) in [5.41, 5.74) is 1.11. The lowest BCUT2D eigenvalue weighted by Gasteiger charge is -2.63. The summed E-state index contributed by atoms with van der Waals surface area (Å²) >= 11 is 0. The van der Waals surface area contributed by atoms with E-state index in [4.69, 9.17) is 13.9 Å². The first-order chi connectivity index (χ1) is 16.0. The second-order valence-corrected chi connectivity index (χ2v) is 11.7. The molecule has 1 aromatic rings. The fourth-order valence-electron chi connectivity index (χ4n) is 7.98. The predicted octanol–water partition coefficient (Wildman–Crippen LogP) is 4.16. The molecule has 0 radical (unpaired) electrons. The topological polar surface area (TPSA) is 103 Å². The number of carbonyl (C=O) groups excluding carboxylic acids is 3. The SMILES string of the molecule is COC(=O)C[C@H]1C(C)(C)[C@H](O)[C@@H]2CC3=C4CC(=O)O[C@@H](c5ccoc5)[C@]4(C)CC[C@@H]3[C@]1(C)C2=O. The number of allylic oxidation sites excluding steroid dienone is 1. The van der Waals surface area contributed by atoms with Crippen molar-refractivity contribution in [2.75, 3.05) is 7.11 Å². The van der Waals surface area contributed by atoms with Crippen LogP contribution in [0, 0.1) is 34.0 Å². The Labute approximate surface area is 199 Å². The maximum absolute atomic E-state index is 13.9. The number of carbonyl (C=O) groups is 3. The van der Waals surface area contributed by atoms with Crippen molar-refractivity contribution >= 4 is 17.7 Å². The van der Waals surface area contributed by atoms with E-state index in [-0.39, 0.29) is 42.4 Å². The van der Waals surface area contributed by atoms with Gasteiger partial charge in [-0.15, -0.1) is 0 Å². The van der Waals surface area contributed by atoms with Crippen LogP contribution in [0.5, 0.6) is 0 Å². The number of aliphatic hydroxyl groups is 1. The van der Waals surface area contributed by atoms with Crippen LogP contribution in [-0.4, -0.2) is 36.0 Å². The van der Waals surface area contributed by atoms with Gasteiger partial charge in [0, 0.05) is 28.7 Å². The first-order valence-corrected chi connectivity index (χ1v) is 12.2. The van der Waals surface area contributed by atoms with Gasteiger partial charge in [0.05, 0.1) is 32.2 Å². The zero-order valence-electron chi connectivity index (χ0n) is 20.6. The summed E-state index contributed by atoms with van der Waals surface area (Å²) < 4.78 is 16.1. The number of ether oxygens (including phenoxy) is 2. The van der Waals surface area contributed by atoms with E-state index in [0.717, 1.165) is 29.6 Å². The Morgan fingerprint density at radius 3 is 2.62 bits per heavy atom. The quantitative estimate of drug-likeness (QED) is 0.523. The first kappa shape index (κ1) is 23.3. The molecular formula is C27H34O7. The highest BCUT2D eigenvalue weighted by Crippen LogP contribution is 2.67. The van der Waals surface area contributed by atoms with Crippen molar-refractivity contribution in [1.29, 1.82) is 0 Å². The van der Waals surface area contributed by atoms with E-state index in [1.807, 2.05) is 26.8 Å². The minimum absolute atomic E-state index is 0.0379. The first-order valence-electron chi connectivity index (χ1n) is 12.2. The van der Waals surface area contributed by atoms with Gasteiger partial charge in [0.1, 0.15) is 11.9 Å². The Hall–Kier alpha value is -2.41. The molecule has 7 heteroatoms. The molecule has 1 N–H and O–H groups in total. The van der Waals surface area contributed by atoms with Gasteiger partial charge in [0.15, 0.2) is 0 Å². The van der Waals surface area contributed by atoms with Gasteiger partial charge in [-0.2, -0.15) is 0 Å². The van der Waals surface area contributed by atoms with Crippen LogP contribution < -0.4 is 0 Å². The molecule has 3 fully saturated rings. The van der Waals surface area contributed by atoms with Crippen LogP contribution in [-0.2, 0) is 23.9 Å². The van der Waals surface area contributed by atoms with Crippen molar-refractivity contribution in [2.24, 2.45) is 34.0 Å². The number of aliphatic hydroxyl groups excluding tert-OH is 1. The second kappa shape index (κ2) is 7.54. The number of fused-ring (bicyclic) bond motifs is 5. The number of Topliss-reactive ketones (excluding diaryl/α,β-unsaturated/α-hetero) is 1. The van der Waals surface area contributed by atoms with Crippen LogP contribution in [0.3, 0.4) is 0 Å². The van der Waals surface area contributed by atoms with Crippen molar-refractivity contribution in [3.8, 4) is 0 Å². The molecule has 7 atom stereocenters. The summed E-state index contributed by atoms with van der Waals surface area (Å²) in [6.07, 6.45) is 4.09. The molecule has 0 amide bonds. The van der Waals surface area contributed by atoms with Crippen molar-refractivity contribution < 1.29 is 33.4 Å². The maximum Gasteiger partial charge on any atom is 0.310 e. The summed E-state index contributed by atoms with van der Waals surface area (Å²) in [4.78, 5) is 39.1. The van der Waals surface area contributed by atoms with Crippen LogP contribution in [0.1, 0.15) is 71.5 Å². The monoisotopic (exact) mass is 470 g/mol. The number of methoxy groups -OCH3 is 1. The highest BCUT2D eigenvalue weighted by molar-refractivity contribution is 5.92. The average Bonchev–Trinajstić information content (AvgIpc) is 3.32. The van der Waals surface area contributed by atoms with E-state index >= 15 is 0 Å². The van der Waals surface area contributed by atoms with E-state index in [0.29, 0.717) is 6.42 Å². The van der Waals surface area contributed by atoms with Crippen molar-refractivity contribution in [1.82, 2.24) is 0 Å². The Morgan fingerprint density at radius 2 is 1.97 bits per heavy atom. The number of hydrogen-bond donors (Lipinski definition) is 1. The summed E-state index contributed by atoms with van der Waals surface area (Å²) in [5, 5.41) is 11.4. The van der Waals surface area contributed by atoms with Gasteiger partial charge >= 0.3 is 11.9 Å². The lowest BCUT2D eigenvalue weighted by molar-refractivity contribution is -0.186. The second-order valence-electron chi connectivity index (χ2n) is 11.7. The van der Waals surface area contributed by atoms with E-state index in [9.17, 15) is 19.5 Å². The highest BCUT2D eigenvalue weighted by atomic mass is 16.5. The van der Waals surface area contributed by atoms with Gasteiger partial charge < -0.3 is 19.0 Å². The van der Waals surface area contributed by atoms with Gasteiger partial charge in [-0.25, -0.2) is 0 Å². The molecule has 0 spiro atoms. The highest BCUT2D eigenvalue weighted by Gasteiger charge is 2.67. The van der Waals surface area contributed by atoms with Crippen molar-refractivity contribution in [3.63, 3.8) is 0 Å². The molecule has 2 bridgehead atoms. The smallest absolute Gasteiger partial charge is 0.310 e. The van der Waals surface area contributed by atoms with Crippen LogP contribution in [0.15, 0.2) is 34.2 Å². The maximum atomic E-state index is 13.9. The average molecular weight is 471 g/mol. The van der Waals surface area contributed by atoms with E-state index in [2.05, 4.69) is 6.92 Å². The Morgan fingerprint density at radius 1 is 1.24 bits per heavy atom. The number of esters is 2. The van der Waals surface area contributed by atoms with Gasteiger partial charge in [0.2, 0.25) is 0 Å². The summed E-state index contributed by atoms with van der Waals surface area (Å²) in [6.45, 7) is 8.03. The third-order valence-electron chi connectivity index (χ3n) is 9.84. The zero-order chi connectivity index (χ0) is 24.6. The van der Waals surface area contributed by atoms with Crippen LogP contribution in [0.4, 0.5) is 0 Å². The molecule has 7 nitrogen and oxygen atoms in total. The zero-order valence-corrected chi connectivity index (χ0v) is 20.6. The molecule has 34 heavy (non-hydrogen) atoms. The van der Waals surface area contributed by atoms with E-state index in [1.165, 1.54) is 7.11 Å².